The van der Waals surface area contributed by atoms with Crippen molar-refractivity contribution in [2.24, 2.45) is 0 Å². The van der Waals surface area contributed by atoms with Gasteiger partial charge < -0.3 is 8.83 Å². The van der Waals surface area contributed by atoms with Gasteiger partial charge in [-0.3, -0.25) is 0 Å². The summed E-state index contributed by atoms with van der Waals surface area (Å²) in [6.07, 6.45) is 1.57. The van der Waals surface area contributed by atoms with Crippen molar-refractivity contribution in [1.82, 2.24) is 15.2 Å². The predicted molar refractivity (Wildman–Crippen MR) is 92.3 cm³/mol. The topological polar surface area (TPSA) is 88.7 Å². The molecule has 0 spiro atoms. The molecule has 6 nitrogen and oxygen atoms in total. The SMILES string of the molecule is Cc1occc1-c1nnc(Sc2cc(C#N)c3cc(Cl)ccc3n2)o1. The van der Waals surface area contributed by atoms with Crippen molar-refractivity contribution in [2.75, 3.05) is 0 Å². The summed E-state index contributed by atoms with van der Waals surface area (Å²) >= 11 is 7.19. The van der Waals surface area contributed by atoms with Crippen molar-refractivity contribution < 1.29 is 8.83 Å². The van der Waals surface area contributed by atoms with E-state index in [-0.39, 0.29) is 0 Å². The summed E-state index contributed by atoms with van der Waals surface area (Å²) in [6, 6.07) is 10.8. The highest BCUT2D eigenvalue weighted by molar-refractivity contribution is 7.99. The maximum atomic E-state index is 9.38. The molecule has 3 heterocycles. The van der Waals surface area contributed by atoms with Crippen LogP contribution < -0.4 is 0 Å². The normalized spacial score (nSPS) is 10.9. The predicted octanol–water partition coefficient (Wildman–Crippen LogP) is 4.86. The van der Waals surface area contributed by atoms with Crippen LogP contribution >= 0.6 is 23.4 Å². The Bertz CT molecular complexity index is 1130. The first kappa shape index (κ1) is 15.7. The van der Waals surface area contributed by atoms with Gasteiger partial charge in [0.25, 0.3) is 11.1 Å². The Balaban J connectivity index is 1.70. The van der Waals surface area contributed by atoms with Crippen molar-refractivity contribution in [3.05, 3.63) is 52.9 Å². The summed E-state index contributed by atoms with van der Waals surface area (Å²) in [4.78, 5) is 4.52. The van der Waals surface area contributed by atoms with Gasteiger partial charge in [0.1, 0.15) is 10.8 Å². The summed E-state index contributed by atoms with van der Waals surface area (Å²) in [6.45, 7) is 1.82. The van der Waals surface area contributed by atoms with Crippen LogP contribution in [-0.4, -0.2) is 15.2 Å². The zero-order valence-electron chi connectivity index (χ0n) is 12.9. The lowest BCUT2D eigenvalue weighted by Crippen LogP contribution is -1.88. The van der Waals surface area contributed by atoms with E-state index >= 15 is 0 Å². The van der Waals surface area contributed by atoms with Crippen LogP contribution in [0, 0.1) is 18.3 Å². The van der Waals surface area contributed by atoms with Gasteiger partial charge >= 0.3 is 0 Å². The molecule has 0 amide bonds. The van der Waals surface area contributed by atoms with Crippen LogP contribution in [0.15, 0.2) is 55.7 Å². The number of fused-ring (bicyclic) bond motifs is 1. The van der Waals surface area contributed by atoms with Crippen molar-refractivity contribution in [3.8, 4) is 17.5 Å². The van der Waals surface area contributed by atoms with Crippen LogP contribution in [0.2, 0.25) is 5.02 Å². The fraction of sp³-hybridized carbons (Fsp3) is 0.0588. The zero-order valence-corrected chi connectivity index (χ0v) is 14.4. The molecular formula is C17H9ClN4O2S. The monoisotopic (exact) mass is 368 g/mol. The summed E-state index contributed by atoms with van der Waals surface area (Å²) in [5, 5.41) is 19.6. The van der Waals surface area contributed by atoms with Crippen LogP contribution in [0.5, 0.6) is 0 Å². The number of pyridine rings is 1. The zero-order chi connectivity index (χ0) is 17.4. The van der Waals surface area contributed by atoms with Gasteiger partial charge in [0.15, 0.2) is 0 Å². The smallest absolute Gasteiger partial charge is 0.283 e. The summed E-state index contributed by atoms with van der Waals surface area (Å²) in [7, 11) is 0. The molecule has 0 aliphatic carbocycles. The molecule has 25 heavy (non-hydrogen) atoms. The molecule has 0 atom stereocenters. The molecule has 8 heteroatoms. The second-order valence-corrected chi connectivity index (χ2v) is 6.56. The third-order valence-electron chi connectivity index (χ3n) is 3.56. The lowest BCUT2D eigenvalue weighted by atomic mass is 10.1. The van der Waals surface area contributed by atoms with Gasteiger partial charge in [0, 0.05) is 10.4 Å². The molecule has 4 aromatic rings. The molecule has 1 aromatic carbocycles. The first-order chi connectivity index (χ1) is 12.1. The number of nitrogens with zero attached hydrogens (tertiary/aromatic N) is 4. The Morgan fingerprint density at radius 1 is 1.20 bits per heavy atom. The van der Waals surface area contributed by atoms with Gasteiger partial charge in [-0.1, -0.05) is 11.6 Å². The molecular weight excluding hydrogens is 360 g/mol. The van der Waals surface area contributed by atoms with E-state index in [0.29, 0.717) is 43.4 Å². The third kappa shape index (κ3) is 2.97. The highest BCUT2D eigenvalue weighted by Gasteiger charge is 2.15. The first-order valence-electron chi connectivity index (χ1n) is 7.20. The lowest BCUT2D eigenvalue weighted by molar-refractivity contribution is 0.463. The molecule has 0 aliphatic heterocycles. The van der Waals surface area contributed by atoms with Crippen molar-refractivity contribution in [2.45, 2.75) is 17.2 Å². The van der Waals surface area contributed by atoms with Gasteiger partial charge in [-0.15, -0.1) is 10.2 Å². The molecule has 0 unspecified atom stereocenters. The number of aryl methyl sites for hydroxylation is 1. The van der Waals surface area contributed by atoms with Crippen LogP contribution in [0.3, 0.4) is 0 Å². The van der Waals surface area contributed by atoms with E-state index in [1.165, 1.54) is 11.8 Å². The number of hydrogen-bond donors (Lipinski definition) is 0. The maximum absolute atomic E-state index is 9.38. The molecule has 0 aliphatic rings. The van der Waals surface area contributed by atoms with Gasteiger partial charge in [0.2, 0.25) is 0 Å². The molecule has 0 saturated heterocycles. The fourth-order valence-corrected chi connectivity index (χ4v) is 3.25. The highest BCUT2D eigenvalue weighted by Crippen LogP contribution is 2.32. The molecule has 4 rings (SSSR count). The van der Waals surface area contributed by atoms with Crippen molar-refractivity contribution >= 4 is 34.3 Å². The Hall–Kier alpha value is -2.82. The van der Waals surface area contributed by atoms with E-state index < -0.39 is 0 Å². The second kappa shape index (κ2) is 6.24. The van der Waals surface area contributed by atoms with E-state index in [1.807, 2.05) is 6.92 Å². The minimum atomic E-state index is 0.334. The fourth-order valence-electron chi connectivity index (χ4n) is 2.37. The summed E-state index contributed by atoms with van der Waals surface area (Å²) in [5.41, 5.74) is 1.91. The van der Waals surface area contributed by atoms with Crippen LogP contribution in [0.4, 0.5) is 0 Å². The number of aromatic nitrogens is 3. The molecule has 122 valence electrons. The van der Waals surface area contributed by atoms with Crippen molar-refractivity contribution in [3.63, 3.8) is 0 Å². The van der Waals surface area contributed by atoms with E-state index in [1.54, 1.807) is 36.6 Å². The quantitative estimate of drug-likeness (QED) is 0.510. The largest absolute Gasteiger partial charge is 0.469 e. The number of rotatable bonds is 3. The molecule has 0 fully saturated rings. The number of benzene rings is 1. The van der Waals surface area contributed by atoms with Crippen molar-refractivity contribution in [1.29, 1.82) is 5.26 Å². The van der Waals surface area contributed by atoms with Crippen LogP contribution in [-0.2, 0) is 0 Å². The van der Waals surface area contributed by atoms with Crippen LogP contribution in [0.1, 0.15) is 11.3 Å². The number of halogens is 1. The number of furan rings is 1. The van der Waals surface area contributed by atoms with Gasteiger partial charge in [0.05, 0.1) is 29.0 Å². The number of hydrogen-bond acceptors (Lipinski definition) is 7. The number of nitriles is 1. The summed E-state index contributed by atoms with van der Waals surface area (Å²) < 4.78 is 10.9. The van der Waals surface area contributed by atoms with E-state index in [0.717, 1.165) is 5.56 Å². The molecule has 0 saturated carbocycles. The Kier molecular flexibility index (Phi) is 3.92. The van der Waals surface area contributed by atoms with Gasteiger partial charge in [-0.05, 0) is 49.0 Å². The van der Waals surface area contributed by atoms with E-state index in [4.69, 9.17) is 20.4 Å². The minimum Gasteiger partial charge on any atom is -0.469 e. The van der Waals surface area contributed by atoms with Crippen LogP contribution in [0.25, 0.3) is 22.4 Å². The van der Waals surface area contributed by atoms with E-state index in [2.05, 4.69) is 21.3 Å². The minimum absolute atomic E-state index is 0.334. The molecule has 3 aromatic heterocycles. The average Bonchev–Trinajstić information content (AvgIpc) is 3.23. The molecule has 0 N–H and O–H groups in total. The lowest BCUT2D eigenvalue weighted by Gasteiger charge is -2.03. The molecule has 0 radical (unpaired) electrons. The Labute approximate surface area is 151 Å². The second-order valence-electron chi connectivity index (χ2n) is 5.15. The Morgan fingerprint density at radius 2 is 2.08 bits per heavy atom. The first-order valence-corrected chi connectivity index (χ1v) is 8.40. The van der Waals surface area contributed by atoms with E-state index in [9.17, 15) is 5.26 Å². The van der Waals surface area contributed by atoms with Gasteiger partial charge in [-0.25, -0.2) is 4.98 Å². The average molecular weight is 369 g/mol. The standard InChI is InChI=1S/C17H9ClN4O2S/c1-9-12(4-5-23-9)16-21-22-17(24-16)25-15-6-10(8-19)13-7-11(18)2-3-14(13)20-15/h2-7H,1H3. The highest BCUT2D eigenvalue weighted by atomic mass is 35.5. The maximum Gasteiger partial charge on any atom is 0.283 e. The summed E-state index contributed by atoms with van der Waals surface area (Å²) in [5.74, 6) is 1.08. The third-order valence-corrected chi connectivity index (χ3v) is 4.55. The Morgan fingerprint density at radius 3 is 2.84 bits per heavy atom. The van der Waals surface area contributed by atoms with Gasteiger partial charge in [-0.2, -0.15) is 5.26 Å². The molecule has 0 bridgehead atoms.